The molecule has 0 fully saturated rings. The van der Waals surface area contributed by atoms with Gasteiger partial charge in [0.15, 0.2) is 0 Å². The smallest absolute Gasteiger partial charge is 0.258 e. The van der Waals surface area contributed by atoms with Gasteiger partial charge >= 0.3 is 0 Å². The van der Waals surface area contributed by atoms with Crippen molar-refractivity contribution in [2.45, 2.75) is 10.8 Å². The van der Waals surface area contributed by atoms with Gasteiger partial charge in [-0.2, -0.15) is 0 Å². The summed E-state index contributed by atoms with van der Waals surface area (Å²) in [6, 6.07) is 13.3. The second-order valence-electron chi connectivity index (χ2n) is 3.44. The number of benzene rings is 1. The van der Waals surface area contributed by atoms with Crippen molar-refractivity contribution in [3.63, 3.8) is 0 Å². The fraction of sp³-hybridized carbons (Fsp3) is 0.0833. The van der Waals surface area contributed by atoms with E-state index in [0.29, 0.717) is 0 Å². The molecule has 106 valence electrons. The van der Waals surface area contributed by atoms with Gasteiger partial charge in [0, 0.05) is 11.8 Å². The average molecular weight is 345 g/mol. The van der Waals surface area contributed by atoms with Gasteiger partial charge in [-0.3, -0.25) is 10.1 Å². The Morgan fingerprint density at radius 1 is 1.15 bits per heavy atom. The number of rotatable bonds is 5. The molecule has 0 N–H and O–H groups in total. The summed E-state index contributed by atoms with van der Waals surface area (Å²) < 4.78 is 0. The van der Waals surface area contributed by atoms with Crippen molar-refractivity contribution in [1.82, 2.24) is 4.98 Å². The van der Waals surface area contributed by atoms with Crippen molar-refractivity contribution in [3.05, 3.63) is 64.3 Å². The molecule has 1 aromatic heterocycles. The van der Waals surface area contributed by atoms with Crippen LogP contribution in [0.3, 0.4) is 0 Å². The van der Waals surface area contributed by atoms with Crippen LogP contribution in [0.1, 0.15) is 5.56 Å². The number of nitrogens with zero attached hydrogens (tertiary/aromatic N) is 2. The van der Waals surface area contributed by atoms with Gasteiger partial charge in [-0.05, 0) is 22.4 Å². The molecule has 0 unspecified atom stereocenters. The highest BCUT2D eigenvalue weighted by atomic mass is 33.1. The quantitative estimate of drug-likeness (QED) is 0.357. The molecular weight excluding hydrogens is 332 g/mol. The van der Waals surface area contributed by atoms with Gasteiger partial charge in [0.25, 0.3) is 5.69 Å². The van der Waals surface area contributed by atoms with E-state index in [2.05, 4.69) is 40.4 Å². The molecule has 2 rings (SSSR count). The molecule has 0 radical (unpaired) electrons. The third-order valence-corrected chi connectivity index (χ3v) is 4.34. The first-order valence-corrected chi connectivity index (χ1v) is 9.31. The van der Waals surface area contributed by atoms with Crippen molar-refractivity contribution in [2.75, 3.05) is 0 Å². The summed E-state index contributed by atoms with van der Waals surface area (Å²) in [7, 11) is 3.18. The standard InChI is InChI=1S/C12H10N2O2S2.H2S2/c15-14(16)11-6-7-12(13-8-11)18-17-9-10-4-2-1-3-5-10;1-2/h1-8H,9H2;1-2H. The van der Waals surface area contributed by atoms with Gasteiger partial charge in [-0.1, -0.05) is 41.1 Å². The van der Waals surface area contributed by atoms with Crippen LogP contribution in [0.25, 0.3) is 0 Å². The molecule has 20 heavy (non-hydrogen) atoms. The van der Waals surface area contributed by atoms with E-state index < -0.39 is 4.92 Å². The van der Waals surface area contributed by atoms with E-state index in [4.69, 9.17) is 0 Å². The molecule has 0 atom stereocenters. The third-order valence-electron chi connectivity index (χ3n) is 2.14. The van der Waals surface area contributed by atoms with Crippen molar-refractivity contribution in [2.24, 2.45) is 0 Å². The zero-order chi connectivity index (χ0) is 14.8. The van der Waals surface area contributed by atoms with E-state index in [0.717, 1.165) is 10.8 Å². The Labute approximate surface area is 135 Å². The lowest BCUT2D eigenvalue weighted by Crippen LogP contribution is -1.88. The summed E-state index contributed by atoms with van der Waals surface area (Å²) in [5, 5.41) is 11.2. The topological polar surface area (TPSA) is 56.0 Å². The zero-order valence-corrected chi connectivity index (χ0v) is 13.7. The van der Waals surface area contributed by atoms with Crippen molar-refractivity contribution >= 4 is 50.6 Å². The van der Waals surface area contributed by atoms with Gasteiger partial charge in [0.05, 0.1) is 4.92 Å². The minimum atomic E-state index is -0.446. The first-order valence-electron chi connectivity index (χ1n) is 5.39. The highest BCUT2D eigenvalue weighted by Gasteiger charge is 2.05. The highest BCUT2D eigenvalue weighted by Crippen LogP contribution is 2.32. The van der Waals surface area contributed by atoms with E-state index in [1.807, 2.05) is 18.2 Å². The Morgan fingerprint density at radius 2 is 1.85 bits per heavy atom. The molecule has 1 aromatic carbocycles. The van der Waals surface area contributed by atoms with Crippen LogP contribution >= 0.6 is 44.9 Å². The first kappa shape index (κ1) is 17.2. The SMILES string of the molecule is O=[N+]([O-])c1ccc(SSCc2ccccc2)nc1.SS. The normalized spacial score (nSPS) is 9.50. The minimum absolute atomic E-state index is 0.0207. The second kappa shape index (κ2) is 9.98. The number of pyridine rings is 1. The molecule has 0 aliphatic rings. The molecule has 0 bridgehead atoms. The van der Waals surface area contributed by atoms with Gasteiger partial charge < -0.3 is 0 Å². The number of hydrogen-bond donors (Lipinski definition) is 2. The molecule has 0 amide bonds. The van der Waals surface area contributed by atoms with Crippen LogP contribution in [-0.4, -0.2) is 9.91 Å². The van der Waals surface area contributed by atoms with Crippen LogP contribution in [0.15, 0.2) is 53.7 Å². The maximum atomic E-state index is 10.5. The largest absolute Gasteiger partial charge is 0.287 e. The van der Waals surface area contributed by atoms with Crippen LogP contribution in [0, 0.1) is 10.1 Å². The average Bonchev–Trinajstić information content (AvgIpc) is 2.51. The van der Waals surface area contributed by atoms with Crippen LogP contribution in [0.4, 0.5) is 5.69 Å². The van der Waals surface area contributed by atoms with Crippen LogP contribution in [0.5, 0.6) is 0 Å². The van der Waals surface area contributed by atoms with Crippen molar-refractivity contribution in [3.8, 4) is 0 Å². The summed E-state index contributed by atoms with van der Waals surface area (Å²) in [4.78, 5) is 14.1. The highest BCUT2D eigenvalue weighted by molar-refractivity contribution is 8.76. The van der Waals surface area contributed by atoms with E-state index >= 15 is 0 Å². The summed E-state index contributed by atoms with van der Waals surface area (Å²) >= 11 is 6.44. The fourth-order valence-electron chi connectivity index (χ4n) is 1.26. The molecule has 2 aromatic rings. The molecule has 8 heteroatoms. The lowest BCUT2D eigenvalue weighted by atomic mass is 10.2. The second-order valence-corrected chi connectivity index (χ2v) is 5.76. The third kappa shape index (κ3) is 6.08. The Hall–Kier alpha value is -0.830. The van der Waals surface area contributed by atoms with E-state index in [1.165, 1.54) is 28.6 Å². The van der Waals surface area contributed by atoms with E-state index in [9.17, 15) is 10.1 Å². The van der Waals surface area contributed by atoms with Gasteiger partial charge in [-0.25, -0.2) is 4.98 Å². The summed E-state index contributed by atoms with van der Waals surface area (Å²) in [5.41, 5.74) is 1.27. The Kier molecular flexibility index (Phi) is 8.59. The van der Waals surface area contributed by atoms with Gasteiger partial charge in [-0.15, -0.1) is 23.3 Å². The predicted molar refractivity (Wildman–Crippen MR) is 92.5 cm³/mol. The number of nitro groups is 1. The molecule has 0 saturated heterocycles. The zero-order valence-electron chi connectivity index (χ0n) is 10.2. The lowest BCUT2D eigenvalue weighted by molar-refractivity contribution is -0.385. The van der Waals surface area contributed by atoms with Gasteiger partial charge in [0.1, 0.15) is 11.2 Å². The van der Waals surface area contributed by atoms with Crippen molar-refractivity contribution < 1.29 is 4.92 Å². The molecule has 4 nitrogen and oxygen atoms in total. The van der Waals surface area contributed by atoms with Crippen LogP contribution in [0.2, 0.25) is 0 Å². The van der Waals surface area contributed by atoms with E-state index in [-0.39, 0.29) is 5.69 Å². The predicted octanol–water partition coefficient (Wildman–Crippen LogP) is 4.69. The molecular formula is C12H12N2O2S4. The van der Waals surface area contributed by atoms with Crippen molar-refractivity contribution in [1.29, 1.82) is 0 Å². The number of hydrogen-bond acceptors (Lipinski definition) is 7. The summed E-state index contributed by atoms with van der Waals surface area (Å²) in [5.74, 6) is 0.879. The Balaban J connectivity index is 0.000000956. The number of thiol groups is 2. The Bertz CT molecular complexity index is 523. The van der Waals surface area contributed by atoms with E-state index in [1.54, 1.807) is 16.9 Å². The maximum absolute atomic E-state index is 10.5. The molecule has 1 heterocycles. The van der Waals surface area contributed by atoms with Crippen LogP contribution < -0.4 is 0 Å². The monoisotopic (exact) mass is 344 g/mol. The maximum Gasteiger partial charge on any atom is 0.287 e. The van der Waals surface area contributed by atoms with Crippen LogP contribution in [-0.2, 0) is 5.75 Å². The molecule has 0 aliphatic heterocycles. The van der Waals surface area contributed by atoms with Gasteiger partial charge in [0.2, 0.25) is 0 Å². The summed E-state index contributed by atoms with van der Waals surface area (Å²) in [6.45, 7) is 0. The lowest BCUT2D eigenvalue weighted by Gasteiger charge is -2.00. The fourth-order valence-corrected chi connectivity index (χ4v) is 3.23. The first-order chi connectivity index (χ1) is 9.75. The Morgan fingerprint density at radius 3 is 2.40 bits per heavy atom. The molecule has 0 saturated carbocycles. The summed E-state index contributed by atoms with van der Waals surface area (Å²) in [6.07, 6.45) is 1.28. The molecule has 0 aliphatic carbocycles. The molecule has 0 spiro atoms. The number of aromatic nitrogens is 1. The minimum Gasteiger partial charge on any atom is -0.258 e.